The Morgan fingerprint density at radius 2 is 2.45 bits per heavy atom. The predicted octanol–water partition coefficient (Wildman–Crippen LogP) is 0.975. The molecule has 2 rings (SSSR count). The minimum atomic E-state index is -0.332. The van der Waals surface area contributed by atoms with Crippen molar-refractivity contribution in [2.75, 3.05) is 6.54 Å². The molecule has 1 heterocycles. The lowest BCUT2D eigenvalue weighted by Gasteiger charge is -2.11. The number of ether oxygens (including phenoxy) is 1. The van der Waals surface area contributed by atoms with E-state index in [1.54, 1.807) is 0 Å². The van der Waals surface area contributed by atoms with Crippen LogP contribution in [0, 0.1) is 10.1 Å². The first-order chi connectivity index (χ1) is 5.23. The lowest BCUT2D eigenvalue weighted by Crippen LogP contribution is -2.28. The van der Waals surface area contributed by atoms with Crippen LogP contribution in [0.4, 0.5) is 0 Å². The molecular formula is C7H11NO3. The van der Waals surface area contributed by atoms with Crippen LogP contribution in [0.25, 0.3) is 0 Å². The topological polar surface area (TPSA) is 55.7 Å². The zero-order chi connectivity index (χ0) is 7.90. The van der Waals surface area contributed by atoms with E-state index in [0.29, 0.717) is 0 Å². The third-order valence-electron chi connectivity index (χ3n) is 2.62. The largest absolute Gasteiger partial charge is 0.359 e. The van der Waals surface area contributed by atoms with Gasteiger partial charge >= 0.3 is 0 Å². The van der Waals surface area contributed by atoms with Gasteiger partial charge in [0.2, 0.25) is 6.54 Å². The summed E-state index contributed by atoms with van der Waals surface area (Å²) in [5.74, 6) is 0. The van der Waals surface area contributed by atoms with E-state index in [1.165, 1.54) is 6.42 Å². The average molecular weight is 157 g/mol. The fourth-order valence-corrected chi connectivity index (χ4v) is 1.98. The molecule has 1 saturated heterocycles. The van der Waals surface area contributed by atoms with E-state index in [0.717, 1.165) is 19.3 Å². The number of nitro groups is 1. The second-order valence-corrected chi connectivity index (χ2v) is 3.41. The summed E-state index contributed by atoms with van der Waals surface area (Å²) in [7, 11) is 0. The Labute approximate surface area is 64.7 Å². The quantitative estimate of drug-likeness (QED) is 0.341. The van der Waals surface area contributed by atoms with E-state index >= 15 is 0 Å². The van der Waals surface area contributed by atoms with E-state index in [-0.39, 0.29) is 23.2 Å². The maximum Gasteiger partial charge on any atom is 0.235 e. The normalized spacial score (nSPS) is 41.3. The minimum absolute atomic E-state index is 0.0116. The van der Waals surface area contributed by atoms with Crippen LogP contribution in [-0.4, -0.2) is 23.2 Å². The van der Waals surface area contributed by atoms with Crippen LogP contribution in [0.3, 0.4) is 0 Å². The Morgan fingerprint density at radius 3 is 3.09 bits per heavy atom. The summed E-state index contributed by atoms with van der Waals surface area (Å²) in [6, 6.07) is 0. The van der Waals surface area contributed by atoms with Gasteiger partial charge in [0, 0.05) is 4.92 Å². The zero-order valence-corrected chi connectivity index (χ0v) is 6.28. The number of epoxide rings is 1. The third-order valence-corrected chi connectivity index (χ3v) is 2.62. The molecule has 2 unspecified atom stereocenters. The zero-order valence-electron chi connectivity index (χ0n) is 6.28. The van der Waals surface area contributed by atoms with Crippen molar-refractivity contribution in [2.45, 2.75) is 37.4 Å². The van der Waals surface area contributed by atoms with E-state index in [1.807, 2.05) is 0 Å². The second kappa shape index (κ2) is 2.17. The summed E-state index contributed by atoms with van der Waals surface area (Å²) in [5.41, 5.74) is -0.332. The van der Waals surface area contributed by atoms with Crippen LogP contribution in [0.2, 0.25) is 0 Å². The molecule has 0 aromatic rings. The maximum atomic E-state index is 10.2. The van der Waals surface area contributed by atoms with Crippen LogP contribution in [0.15, 0.2) is 0 Å². The molecule has 0 aromatic carbocycles. The monoisotopic (exact) mass is 157 g/mol. The van der Waals surface area contributed by atoms with Gasteiger partial charge in [-0.3, -0.25) is 10.1 Å². The van der Waals surface area contributed by atoms with Crippen molar-refractivity contribution in [3.05, 3.63) is 10.1 Å². The van der Waals surface area contributed by atoms with Gasteiger partial charge in [-0.15, -0.1) is 0 Å². The minimum Gasteiger partial charge on any atom is -0.359 e. The molecule has 0 N–H and O–H groups in total. The molecule has 4 nitrogen and oxygen atoms in total. The van der Waals surface area contributed by atoms with Crippen molar-refractivity contribution in [1.29, 1.82) is 0 Å². The molecule has 2 fully saturated rings. The predicted molar refractivity (Wildman–Crippen MR) is 37.9 cm³/mol. The lowest BCUT2D eigenvalue weighted by atomic mass is 9.89. The fourth-order valence-electron chi connectivity index (χ4n) is 1.98. The molecule has 1 aliphatic heterocycles. The molecule has 1 saturated carbocycles. The van der Waals surface area contributed by atoms with Crippen molar-refractivity contribution >= 4 is 0 Å². The van der Waals surface area contributed by atoms with Crippen molar-refractivity contribution < 1.29 is 9.66 Å². The van der Waals surface area contributed by atoms with Gasteiger partial charge in [0.25, 0.3) is 0 Å². The fraction of sp³-hybridized carbons (Fsp3) is 1.00. The standard InChI is InChI=1S/C7H11NO3/c9-8(10)5-7-4-2-1-3-6(7)11-7/h6H,1-5H2. The van der Waals surface area contributed by atoms with Crippen LogP contribution >= 0.6 is 0 Å². The Kier molecular flexibility index (Phi) is 1.39. The number of nitrogens with zero attached hydrogens (tertiary/aromatic N) is 1. The Balaban J connectivity index is 1.96. The highest BCUT2D eigenvalue weighted by Crippen LogP contribution is 2.47. The highest BCUT2D eigenvalue weighted by Gasteiger charge is 2.60. The van der Waals surface area contributed by atoms with Gasteiger partial charge < -0.3 is 4.74 Å². The van der Waals surface area contributed by atoms with Gasteiger partial charge in [0.15, 0.2) is 5.60 Å². The van der Waals surface area contributed by atoms with Crippen molar-refractivity contribution in [3.8, 4) is 0 Å². The van der Waals surface area contributed by atoms with Gasteiger partial charge in [0.05, 0.1) is 6.10 Å². The van der Waals surface area contributed by atoms with Crippen LogP contribution in [0.5, 0.6) is 0 Å². The van der Waals surface area contributed by atoms with E-state index in [2.05, 4.69) is 0 Å². The Bertz CT molecular complexity index is 194. The molecule has 1 aliphatic carbocycles. The number of hydrogen-bond acceptors (Lipinski definition) is 3. The lowest BCUT2D eigenvalue weighted by molar-refractivity contribution is -0.489. The number of rotatable bonds is 2. The van der Waals surface area contributed by atoms with Gasteiger partial charge in [0.1, 0.15) is 0 Å². The van der Waals surface area contributed by atoms with Gasteiger partial charge in [-0.2, -0.15) is 0 Å². The van der Waals surface area contributed by atoms with Gasteiger partial charge in [-0.1, -0.05) is 12.8 Å². The first kappa shape index (κ1) is 7.03. The van der Waals surface area contributed by atoms with Gasteiger partial charge in [-0.25, -0.2) is 0 Å². The molecule has 0 spiro atoms. The summed E-state index contributed by atoms with van der Waals surface area (Å²) >= 11 is 0. The summed E-state index contributed by atoms with van der Waals surface area (Å²) in [6.45, 7) is 0.0116. The molecular weight excluding hydrogens is 146 g/mol. The van der Waals surface area contributed by atoms with E-state index < -0.39 is 0 Å². The molecule has 0 radical (unpaired) electrons. The Hall–Kier alpha value is -0.640. The van der Waals surface area contributed by atoms with Crippen LogP contribution < -0.4 is 0 Å². The van der Waals surface area contributed by atoms with Crippen LogP contribution in [0.1, 0.15) is 25.7 Å². The highest BCUT2D eigenvalue weighted by molar-refractivity contribution is 5.04. The summed E-state index contributed by atoms with van der Waals surface area (Å²) < 4.78 is 5.33. The van der Waals surface area contributed by atoms with E-state index in [4.69, 9.17) is 4.74 Å². The molecule has 0 bridgehead atoms. The van der Waals surface area contributed by atoms with E-state index in [9.17, 15) is 10.1 Å². The van der Waals surface area contributed by atoms with Gasteiger partial charge in [-0.05, 0) is 12.8 Å². The molecule has 2 aliphatic rings. The summed E-state index contributed by atoms with van der Waals surface area (Å²) in [6.07, 6.45) is 4.38. The molecule has 2 atom stereocenters. The molecule has 11 heavy (non-hydrogen) atoms. The van der Waals surface area contributed by atoms with Crippen molar-refractivity contribution in [3.63, 3.8) is 0 Å². The molecule has 4 heteroatoms. The first-order valence-corrected chi connectivity index (χ1v) is 4.03. The molecule has 62 valence electrons. The number of fused-ring (bicyclic) bond motifs is 1. The second-order valence-electron chi connectivity index (χ2n) is 3.41. The van der Waals surface area contributed by atoms with Crippen molar-refractivity contribution in [2.24, 2.45) is 0 Å². The molecule has 0 amide bonds. The smallest absolute Gasteiger partial charge is 0.235 e. The number of hydrogen-bond donors (Lipinski definition) is 0. The third kappa shape index (κ3) is 1.11. The first-order valence-electron chi connectivity index (χ1n) is 4.03. The van der Waals surface area contributed by atoms with Crippen LogP contribution in [-0.2, 0) is 4.74 Å². The maximum absolute atomic E-state index is 10.2. The summed E-state index contributed by atoms with van der Waals surface area (Å²) in [4.78, 5) is 9.97. The molecule has 0 aromatic heterocycles. The summed E-state index contributed by atoms with van der Waals surface area (Å²) in [5, 5.41) is 10.2. The average Bonchev–Trinajstić information content (AvgIpc) is 2.59. The van der Waals surface area contributed by atoms with Crippen molar-refractivity contribution in [1.82, 2.24) is 0 Å². The SMILES string of the molecule is O=[N+]([O-])CC12CCCCC1O2. The highest BCUT2D eigenvalue weighted by atomic mass is 16.7. The Morgan fingerprint density at radius 1 is 1.64 bits per heavy atom.